The zero-order chi connectivity index (χ0) is 14.9. The maximum atomic E-state index is 11.7. The van der Waals surface area contributed by atoms with E-state index in [2.05, 4.69) is 5.32 Å². The van der Waals surface area contributed by atoms with Crippen LogP contribution in [0, 0.1) is 13.8 Å². The van der Waals surface area contributed by atoms with E-state index in [0.29, 0.717) is 23.5 Å². The third-order valence-corrected chi connectivity index (χ3v) is 3.65. The van der Waals surface area contributed by atoms with Crippen LogP contribution in [0.1, 0.15) is 24.5 Å². The zero-order valence-electron chi connectivity index (χ0n) is 12.1. The summed E-state index contributed by atoms with van der Waals surface area (Å²) in [4.78, 5) is 11.7. The largest absolute Gasteiger partial charge is 0.491 e. The Balaban J connectivity index is 2.88. The summed E-state index contributed by atoms with van der Waals surface area (Å²) in [6.45, 7) is 6.32. The van der Waals surface area contributed by atoms with Gasteiger partial charge in [-0.1, -0.05) is 18.5 Å². The number of halogens is 1. The predicted octanol–water partition coefficient (Wildman–Crippen LogP) is 3.89. The molecule has 0 bridgehead atoms. The number of rotatable bonds is 4. The van der Waals surface area contributed by atoms with Crippen LogP contribution in [0.3, 0.4) is 0 Å². The molecule has 0 aliphatic rings. The van der Waals surface area contributed by atoms with E-state index in [0.717, 1.165) is 23.1 Å². The van der Waals surface area contributed by atoms with Gasteiger partial charge in [0.2, 0.25) is 0 Å². The molecule has 5 heteroatoms. The number of hydrogen-bond donors (Lipinski definition) is 1. The van der Waals surface area contributed by atoms with Crippen molar-refractivity contribution in [3.8, 4) is 5.75 Å². The van der Waals surface area contributed by atoms with Crippen molar-refractivity contribution in [2.75, 3.05) is 19.0 Å². The van der Waals surface area contributed by atoms with Crippen molar-refractivity contribution in [2.24, 2.45) is 0 Å². The minimum Gasteiger partial charge on any atom is -0.491 e. The van der Waals surface area contributed by atoms with Gasteiger partial charge in [0.05, 0.1) is 17.7 Å². The van der Waals surface area contributed by atoms with Gasteiger partial charge in [-0.2, -0.15) is 0 Å². The SMILES string of the molecule is CCCOc1c(NC)cc(C)c2oc(=O)c(Cl)c(C)c12. The summed E-state index contributed by atoms with van der Waals surface area (Å²) in [7, 11) is 1.83. The topological polar surface area (TPSA) is 51.5 Å². The number of fused-ring (bicyclic) bond motifs is 1. The maximum Gasteiger partial charge on any atom is 0.355 e. The van der Waals surface area contributed by atoms with Gasteiger partial charge in [-0.05, 0) is 37.5 Å². The number of nitrogens with one attached hydrogen (secondary N) is 1. The van der Waals surface area contributed by atoms with Gasteiger partial charge < -0.3 is 14.5 Å². The van der Waals surface area contributed by atoms with Gasteiger partial charge in [0.25, 0.3) is 0 Å². The quantitative estimate of drug-likeness (QED) is 0.869. The van der Waals surface area contributed by atoms with Crippen molar-refractivity contribution in [2.45, 2.75) is 27.2 Å². The molecule has 2 aromatic rings. The molecule has 20 heavy (non-hydrogen) atoms. The molecule has 0 fully saturated rings. The van der Waals surface area contributed by atoms with Crippen LogP contribution in [0.15, 0.2) is 15.3 Å². The highest BCUT2D eigenvalue weighted by atomic mass is 35.5. The normalized spacial score (nSPS) is 10.8. The first-order valence-electron chi connectivity index (χ1n) is 6.58. The molecule has 1 heterocycles. The summed E-state index contributed by atoms with van der Waals surface area (Å²) in [6.07, 6.45) is 0.891. The summed E-state index contributed by atoms with van der Waals surface area (Å²) in [5, 5.41) is 3.97. The molecule has 0 saturated heterocycles. The van der Waals surface area contributed by atoms with Crippen LogP contribution >= 0.6 is 11.6 Å². The highest BCUT2D eigenvalue weighted by Crippen LogP contribution is 2.39. The molecule has 2 rings (SSSR count). The molecule has 0 unspecified atom stereocenters. The summed E-state index contributed by atoms with van der Waals surface area (Å²) in [5.41, 5.74) is 2.42. The van der Waals surface area contributed by atoms with Gasteiger partial charge in [0, 0.05) is 7.05 Å². The van der Waals surface area contributed by atoms with Crippen LogP contribution in [0.5, 0.6) is 5.75 Å². The molecular weight excluding hydrogens is 278 g/mol. The highest BCUT2D eigenvalue weighted by molar-refractivity contribution is 6.32. The molecule has 1 N–H and O–H groups in total. The van der Waals surface area contributed by atoms with Crippen LogP contribution in [0.25, 0.3) is 11.0 Å². The summed E-state index contributed by atoms with van der Waals surface area (Å²) in [5.74, 6) is 0.679. The molecule has 0 saturated carbocycles. The van der Waals surface area contributed by atoms with Crippen LogP contribution in [0.4, 0.5) is 5.69 Å². The molecular formula is C15H18ClNO3. The Morgan fingerprint density at radius 1 is 1.40 bits per heavy atom. The number of aryl methyl sites for hydroxylation is 2. The fraction of sp³-hybridized carbons (Fsp3) is 0.400. The minimum atomic E-state index is -0.515. The molecule has 108 valence electrons. The second-order valence-electron chi connectivity index (χ2n) is 4.70. The first-order valence-corrected chi connectivity index (χ1v) is 6.96. The van der Waals surface area contributed by atoms with E-state index in [1.54, 1.807) is 6.92 Å². The van der Waals surface area contributed by atoms with Crippen LogP contribution < -0.4 is 15.7 Å². The molecule has 0 radical (unpaired) electrons. The first kappa shape index (κ1) is 14.7. The van der Waals surface area contributed by atoms with Crippen LogP contribution in [0.2, 0.25) is 5.02 Å². The Labute approximate surface area is 122 Å². The lowest BCUT2D eigenvalue weighted by atomic mass is 10.0. The smallest absolute Gasteiger partial charge is 0.355 e. The molecule has 1 aromatic carbocycles. The highest BCUT2D eigenvalue weighted by Gasteiger charge is 2.18. The summed E-state index contributed by atoms with van der Waals surface area (Å²) < 4.78 is 11.2. The minimum absolute atomic E-state index is 0.103. The lowest BCUT2D eigenvalue weighted by Crippen LogP contribution is -2.06. The number of anilines is 1. The van der Waals surface area contributed by atoms with Crippen molar-refractivity contribution in [1.82, 2.24) is 0 Å². The third-order valence-electron chi connectivity index (χ3n) is 3.22. The molecule has 4 nitrogen and oxygen atoms in total. The standard InChI is InChI=1S/C15H18ClNO3/c1-5-6-19-14-10(17-4)7-8(2)13-11(14)9(3)12(16)15(18)20-13/h7,17H,5-6H2,1-4H3. The van der Waals surface area contributed by atoms with Crippen LogP contribution in [-0.4, -0.2) is 13.7 Å². The van der Waals surface area contributed by atoms with E-state index >= 15 is 0 Å². The molecule has 0 amide bonds. The molecule has 1 aromatic heterocycles. The fourth-order valence-electron chi connectivity index (χ4n) is 2.19. The summed E-state index contributed by atoms with van der Waals surface area (Å²) in [6, 6.07) is 1.91. The Morgan fingerprint density at radius 2 is 2.10 bits per heavy atom. The molecule has 0 aliphatic carbocycles. The van der Waals surface area contributed by atoms with Crippen molar-refractivity contribution < 1.29 is 9.15 Å². The Hall–Kier alpha value is -1.68. The predicted molar refractivity (Wildman–Crippen MR) is 82.3 cm³/mol. The van der Waals surface area contributed by atoms with E-state index in [1.807, 2.05) is 27.0 Å². The monoisotopic (exact) mass is 295 g/mol. The number of hydrogen-bond acceptors (Lipinski definition) is 4. The Kier molecular flexibility index (Phi) is 4.23. The van der Waals surface area contributed by atoms with E-state index < -0.39 is 5.63 Å². The van der Waals surface area contributed by atoms with E-state index in [-0.39, 0.29) is 5.02 Å². The average molecular weight is 296 g/mol. The van der Waals surface area contributed by atoms with E-state index in [1.165, 1.54) is 0 Å². The van der Waals surface area contributed by atoms with Crippen molar-refractivity contribution in [3.05, 3.63) is 32.6 Å². The summed E-state index contributed by atoms with van der Waals surface area (Å²) >= 11 is 6.03. The van der Waals surface area contributed by atoms with Gasteiger partial charge in [-0.25, -0.2) is 4.79 Å². The molecule has 0 aliphatic heterocycles. The van der Waals surface area contributed by atoms with Gasteiger partial charge in [-0.15, -0.1) is 0 Å². The van der Waals surface area contributed by atoms with Gasteiger partial charge >= 0.3 is 5.63 Å². The van der Waals surface area contributed by atoms with E-state index in [9.17, 15) is 4.79 Å². The van der Waals surface area contributed by atoms with Crippen molar-refractivity contribution in [3.63, 3.8) is 0 Å². The van der Waals surface area contributed by atoms with Crippen molar-refractivity contribution >= 4 is 28.3 Å². The Bertz CT molecular complexity index is 707. The molecule has 0 atom stereocenters. The zero-order valence-corrected chi connectivity index (χ0v) is 12.9. The van der Waals surface area contributed by atoms with Gasteiger partial charge in [0.1, 0.15) is 10.6 Å². The van der Waals surface area contributed by atoms with Gasteiger partial charge in [-0.3, -0.25) is 0 Å². The second-order valence-corrected chi connectivity index (χ2v) is 5.08. The second kappa shape index (κ2) is 5.75. The average Bonchev–Trinajstić information content (AvgIpc) is 2.44. The number of benzene rings is 1. The van der Waals surface area contributed by atoms with Gasteiger partial charge in [0.15, 0.2) is 5.75 Å². The third kappa shape index (κ3) is 2.36. The van der Waals surface area contributed by atoms with Crippen molar-refractivity contribution in [1.29, 1.82) is 0 Å². The lowest BCUT2D eigenvalue weighted by molar-refractivity contribution is 0.322. The lowest BCUT2D eigenvalue weighted by Gasteiger charge is -2.16. The van der Waals surface area contributed by atoms with Crippen LogP contribution in [-0.2, 0) is 0 Å². The molecule has 0 spiro atoms. The fourth-order valence-corrected chi connectivity index (χ4v) is 2.33. The first-order chi connectivity index (χ1) is 9.51. The Morgan fingerprint density at radius 3 is 2.70 bits per heavy atom. The van der Waals surface area contributed by atoms with E-state index in [4.69, 9.17) is 20.8 Å². The maximum absolute atomic E-state index is 11.7. The number of ether oxygens (including phenoxy) is 1.